The minimum absolute atomic E-state index is 0.0836. The van der Waals surface area contributed by atoms with E-state index >= 15 is 0 Å². The maximum absolute atomic E-state index is 12.4. The van der Waals surface area contributed by atoms with Gasteiger partial charge in [0.25, 0.3) is 5.56 Å². The van der Waals surface area contributed by atoms with E-state index in [4.69, 9.17) is 0 Å². The topological polar surface area (TPSA) is 47.3 Å². The Morgan fingerprint density at radius 1 is 1.22 bits per heavy atom. The molecule has 0 radical (unpaired) electrons. The van der Waals surface area contributed by atoms with Crippen LogP contribution in [0.2, 0.25) is 0 Å². The second-order valence-corrected chi connectivity index (χ2v) is 7.77. The van der Waals surface area contributed by atoms with Gasteiger partial charge in [0.05, 0.1) is 4.53 Å². The van der Waals surface area contributed by atoms with Crippen molar-refractivity contribution >= 4 is 22.4 Å². The van der Waals surface area contributed by atoms with Crippen LogP contribution in [0.4, 0.5) is 0 Å². The normalized spacial score (nSPS) is 13.1. The Balaban J connectivity index is 1.99. The van der Waals surface area contributed by atoms with E-state index in [0.717, 1.165) is 24.2 Å². The van der Waals surface area contributed by atoms with Gasteiger partial charge in [0.1, 0.15) is 0 Å². The van der Waals surface area contributed by atoms with Crippen molar-refractivity contribution < 1.29 is 0 Å². The first-order valence-corrected chi connectivity index (χ1v) is 8.71. The molecule has 0 aliphatic rings. The Kier molecular flexibility index (Phi) is 4.06. The highest BCUT2D eigenvalue weighted by Crippen LogP contribution is 2.22. The Morgan fingerprint density at radius 3 is 2.48 bits per heavy atom. The maximum Gasteiger partial charge on any atom is 0.291 e. The standard InChI is InChI=1S/C18H21N3OS/c1-5-6-15-19-17-21(20-15)16(22)14(23-17)11-12-7-9-13(10-8-12)18(2,3)4/h7-11H,5-6H2,1-4H3/b14-11-. The van der Waals surface area contributed by atoms with E-state index in [2.05, 4.69) is 62.0 Å². The fourth-order valence-corrected chi connectivity index (χ4v) is 3.36. The molecule has 23 heavy (non-hydrogen) atoms. The van der Waals surface area contributed by atoms with Crippen molar-refractivity contribution in [1.29, 1.82) is 0 Å². The number of hydrogen-bond donors (Lipinski definition) is 0. The van der Waals surface area contributed by atoms with E-state index < -0.39 is 0 Å². The predicted molar refractivity (Wildman–Crippen MR) is 95.1 cm³/mol. The number of rotatable bonds is 3. The van der Waals surface area contributed by atoms with Gasteiger partial charge in [-0.25, -0.2) is 4.98 Å². The van der Waals surface area contributed by atoms with Gasteiger partial charge in [-0.3, -0.25) is 4.79 Å². The van der Waals surface area contributed by atoms with E-state index in [0.29, 0.717) is 9.49 Å². The van der Waals surface area contributed by atoms with Gasteiger partial charge in [-0.05, 0) is 29.0 Å². The third-order valence-corrected chi connectivity index (χ3v) is 4.73. The second kappa shape index (κ2) is 5.89. The van der Waals surface area contributed by atoms with Crippen LogP contribution in [0.3, 0.4) is 0 Å². The average molecular weight is 327 g/mol. The first-order chi connectivity index (χ1) is 10.9. The fraction of sp³-hybridized carbons (Fsp3) is 0.389. The Bertz CT molecular complexity index is 930. The van der Waals surface area contributed by atoms with Crippen molar-refractivity contribution in [3.63, 3.8) is 0 Å². The molecule has 2 aromatic heterocycles. The lowest BCUT2D eigenvalue weighted by Gasteiger charge is -2.18. The van der Waals surface area contributed by atoms with Gasteiger partial charge in [-0.15, -0.1) is 5.10 Å². The second-order valence-electron chi connectivity index (χ2n) is 6.76. The lowest BCUT2D eigenvalue weighted by molar-refractivity contribution is 0.590. The molecule has 0 bridgehead atoms. The van der Waals surface area contributed by atoms with E-state index in [9.17, 15) is 4.79 Å². The molecule has 0 saturated carbocycles. The van der Waals surface area contributed by atoms with E-state index in [1.807, 2.05) is 6.08 Å². The average Bonchev–Trinajstić information content (AvgIpc) is 2.99. The predicted octanol–water partition coefficient (Wildman–Crippen LogP) is 2.95. The van der Waals surface area contributed by atoms with Crippen LogP contribution in [0.15, 0.2) is 29.1 Å². The number of fused-ring (bicyclic) bond motifs is 1. The molecule has 0 N–H and O–H groups in total. The Hall–Kier alpha value is -2.01. The summed E-state index contributed by atoms with van der Waals surface area (Å²) >= 11 is 1.40. The molecule has 0 saturated heterocycles. The van der Waals surface area contributed by atoms with Crippen LogP contribution in [0.1, 0.15) is 51.1 Å². The summed E-state index contributed by atoms with van der Waals surface area (Å²) in [5, 5.41) is 4.29. The van der Waals surface area contributed by atoms with Crippen LogP contribution in [-0.2, 0) is 11.8 Å². The molecule has 5 heteroatoms. The summed E-state index contributed by atoms with van der Waals surface area (Å²) in [7, 11) is 0. The van der Waals surface area contributed by atoms with Crippen LogP contribution in [0.25, 0.3) is 11.0 Å². The van der Waals surface area contributed by atoms with Gasteiger partial charge in [0.15, 0.2) is 5.82 Å². The molecule has 0 spiro atoms. The summed E-state index contributed by atoms with van der Waals surface area (Å²) in [5.41, 5.74) is 2.35. The minimum Gasteiger partial charge on any atom is -0.266 e. The maximum atomic E-state index is 12.4. The molecular weight excluding hydrogens is 306 g/mol. The Morgan fingerprint density at radius 2 is 1.91 bits per heavy atom. The zero-order chi connectivity index (χ0) is 16.6. The summed E-state index contributed by atoms with van der Waals surface area (Å²) in [4.78, 5) is 17.5. The molecule has 0 aliphatic heterocycles. The number of thiazole rings is 1. The molecule has 3 rings (SSSR count). The zero-order valence-corrected chi connectivity index (χ0v) is 14.8. The van der Waals surface area contributed by atoms with Crippen molar-refractivity contribution in [1.82, 2.24) is 14.6 Å². The molecule has 0 atom stereocenters. The van der Waals surface area contributed by atoms with Crippen molar-refractivity contribution in [2.24, 2.45) is 0 Å². The third kappa shape index (κ3) is 3.20. The monoisotopic (exact) mass is 327 g/mol. The summed E-state index contributed by atoms with van der Waals surface area (Å²) in [6, 6.07) is 8.34. The highest BCUT2D eigenvalue weighted by Gasteiger charge is 2.13. The molecule has 0 amide bonds. The van der Waals surface area contributed by atoms with Gasteiger partial charge in [0, 0.05) is 6.42 Å². The van der Waals surface area contributed by atoms with E-state index in [1.165, 1.54) is 21.4 Å². The SMILES string of the molecule is CCCc1nc2s/c(=C\c3ccc(C(C)(C)C)cc3)c(=O)n2n1. The quantitative estimate of drug-likeness (QED) is 0.743. The summed E-state index contributed by atoms with van der Waals surface area (Å²) < 4.78 is 2.09. The lowest BCUT2D eigenvalue weighted by atomic mass is 9.87. The molecule has 3 aromatic rings. The highest BCUT2D eigenvalue weighted by atomic mass is 32.1. The van der Waals surface area contributed by atoms with Crippen LogP contribution in [0, 0.1) is 0 Å². The van der Waals surface area contributed by atoms with Crippen LogP contribution in [0.5, 0.6) is 0 Å². The van der Waals surface area contributed by atoms with Crippen molar-refractivity contribution in [2.45, 2.75) is 46.0 Å². The summed E-state index contributed by atoms with van der Waals surface area (Å²) in [6.07, 6.45) is 3.70. The van der Waals surface area contributed by atoms with Crippen LogP contribution >= 0.6 is 11.3 Å². The number of aromatic nitrogens is 3. The zero-order valence-electron chi connectivity index (χ0n) is 14.0. The summed E-state index contributed by atoms with van der Waals surface area (Å²) in [6.45, 7) is 8.65. The van der Waals surface area contributed by atoms with Gasteiger partial charge in [0.2, 0.25) is 4.96 Å². The first-order valence-electron chi connectivity index (χ1n) is 7.89. The third-order valence-electron chi connectivity index (χ3n) is 3.77. The Labute approximate surface area is 139 Å². The van der Waals surface area contributed by atoms with Gasteiger partial charge >= 0.3 is 0 Å². The lowest BCUT2D eigenvalue weighted by Crippen LogP contribution is -2.23. The van der Waals surface area contributed by atoms with Gasteiger partial charge < -0.3 is 0 Å². The molecule has 4 nitrogen and oxygen atoms in total. The van der Waals surface area contributed by atoms with Crippen molar-refractivity contribution in [2.75, 3.05) is 0 Å². The smallest absolute Gasteiger partial charge is 0.266 e. The largest absolute Gasteiger partial charge is 0.291 e. The van der Waals surface area contributed by atoms with E-state index in [1.54, 1.807) is 0 Å². The fourth-order valence-electron chi connectivity index (χ4n) is 2.43. The molecule has 0 aliphatic carbocycles. The minimum atomic E-state index is -0.0836. The van der Waals surface area contributed by atoms with Crippen LogP contribution < -0.4 is 10.1 Å². The number of nitrogens with zero attached hydrogens (tertiary/aromatic N) is 3. The molecule has 120 valence electrons. The molecule has 1 aromatic carbocycles. The molecular formula is C18H21N3OS. The number of aryl methyl sites for hydroxylation is 1. The molecule has 0 fully saturated rings. The van der Waals surface area contributed by atoms with E-state index in [-0.39, 0.29) is 11.0 Å². The highest BCUT2D eigenvalue weighted by molar-refractivity contribution is 7.15. The van der Waals surface area contributed by atoms with Crippen LogP contribution in [-0.4, -0.2) is 14.6 Å². The van der Waals surface area contributed by atoms with Gasteiger partial charge in [-0.2, -0.15) is 4.52 Å². The molecule has 2 heterocycles. The van der Waals surface area contributed by atoms with Gasteiger partial charge in [-0.1, -0.05) is 63.3 Å². The number of hydrogen-bond acceptors (Lipinski definition) is 4. The number of benzene rings is 1. The first kappa shape index (κ1) is 15.9. The molecule has 0 unspecified atom stereocenters. The van der Waals surface area contributed by atoms with Crippen molar-refractivity contribution in [3.8, 4) is 0 Å². The van der Waals surface area contributed by atoms with Crippen molar-refractivity contribution in [3.05, 3.63) is 56.1 Å². The summed E-state index contributed by atoms with van der Waals surface area (Å²) in [5.74, 6) is 0.747.